The fourth-order valence-electron chi connectivity index (χ4n) is 4.72. The molecule has 38 heavy (non-hydrogen) atoms. The maximum Gasteiger partial charge on any atom is 0.163 e. The number of pyridine rings is 1. The molecule has 9 nitrogen and oxygen atoms in total. The van der Waals surface area contributed by atoms with Gasteiger partial charge in [-0.05, 0) is 36.6 Å². The van der Waals surface area contributed by atoms with Gasteiger partial charge >= 0.3 is 0 Å². The zero-order valence-electron chi connectivity index (χ0n) is 22.0. The summed E-state index contributed by atoms with van der Waals surface area (Å²) in [6.45, 7) is 7.16. The van der Waals surface area contributed by atoms with Gasteiger partial charge in [0.15, 0.2) is 5.65 Å². The van der Waals surface area contributed by atoms with Gasteiger partial charge in [0.1, 0.15) is 23.1 Å². The molecule has 0 radical (unpaired) electrons. The summed E-state index contributed by atoms with van der Waals surface area (Å²) in [4.78, 5) is 9.35. The Morgan fingerprint density at radius 1 is 1.18 bits per heavy atom. The minimum atomic E-state index is -0.349. The van der Waals surface area contributed by atoms with Gasteiger partial charge in [-0.15, -0.1) is 12.4 Å². The number of methoxy groups -OCH3 is 1. The molecule has 2 atom stereocenters. The van der Waals surface area contributed by atoms with Gasteiger partial charge in [0.05, 0.1) is 19.4 Å². The van der Waals surface area contributed by atoms with Crippen LogP contribution in [0.5, 0.6) is 5.75 Å². The molecule has 1 saturated heterocycles. The first-order valence-electron chi connectivity index (χ1n) is 12.9. The summed E-state index contributed by atoms with van der Waals surface area (Å²) in [5.41, 5.74) is 4.90. The molecule has 4 heterocycles. The molecule has 10 heteroatoms. The Morgan fingerprint density at radius 3 is 2.74 bits per heavy atom. The van der Waals surface area contributed by atoms with Crippen molar-refractivity contribution in [1.29, 1.82) is 0 Å². The number of hydrogen-bond donors (Lipinski definition) is 4. The van der Waals surface area contributed by atoms with Gasteiger partial charge in [-0.3, -0.25) is 4.98 Å². The van der Waals surface area contributed by atoms with Gasteiger partial charge in [0.25, 0.3) is 0 Å². The molecule has 0 bridgehead atoms. The molecule has 1 aliphatic heterocycles. The molecule has 0 unspecified atom stereocenters. The summed E-state index contributed by atoms with van der Waals surface area (Å²) in [5, 5.41) is 25.2. The number of benzene rings is 1. The van der Waals surface area contributed by atoms with Crippen molar-refractivity contribution in [1.82, 2.24) is 24.9 Å². The predicted molar refractivity (Wildman–Crippen MR) is 153 cm³/mol. The van der Waals surface area contributed by atoms with E-state index in [1.807, 2.05) is 28.9 Å². The molecule has 0 spiro atoms. The van der Waals surface area contributed by atoms with E-state index >= 15 is 0 Å². The topological polar surface area (TPSA) is 109 Å². The number of hydrogen-bond acceptors (Lipinski definition) is 8. The van der Waals surface area contributed by atoms with E-state index < -0.39 is 0 Å². The van der Waals surface area contributed by atoms with Crippen LogP contribution in [0.1, 0.15) is 37.3 Å². The second-order valence-electron chi connectivity index (χ2n) is 9.82. The highest BCUT2D eigenvalue weighted by Gasteiger charge is 2.23. The maximum atomic E-state index is 10.3. The first-order valence-corrected chi connectivity index (χ1v) is 12.9. The highest BCUT2D eigenvalue weighted by atomic mass is 35.5. The predicted octanol–water partition coefficient (Wildman–Crippen LogP) is 4.34. The number of aliphatic hydroxyl groups excluding tert-OH is 1. The van der Waals surface area contributed by atoms with Gasteiger partial charge in [0.2, 0.25) is 0 Å². The molecular formula is C28H36ClN7O2. The molecule has 0 aliphatic carbocycles. The lowest BCUT2D eigenvalue weighted by atomic mass is 9.95. The van der Waals surface area contributed by atoms with Gasteiger partial charge in [-0.25, -0.2) is 4.98 Å². The average molecular weight is 538 g/mol. The normalized spacial score (nSPS) is 17.3. The molecule has 4 N–H and O–H groups in total. The Morgan fingerprint density at radius 2 is 2.00 bits per heavy atom. The van der Waals surface area contributed by atoms with E-state index in [9.17, 15) is 5.11 Å². The van der Waals surface area contributed by atoms with E-state index in [-0.39, 0.29) is 24.4 Å². The third-order valence-electron chi connectivity index (χ3n) is 6.95. The number of aliphatic hydroxyl groups is 1. The summed E-state index contributed by atoms with van der Waals surface area (Å²) in [6.07, 6.45) is 4.26. The quantitative estimate of drug-likeness (QED) is 0.250. The number of nitrogens with one attached hydrogen (secondary N) is 3. The highest BCUT2D eigenvalue weighted by Crippen LogP contribution is 2.28. The molecule has 1 aromatic carbocycles. The smallest absolute Gasteiger partial charge is 0.163 e. The zero-order valence-corrected chi connectivity index (χ0v) is 22.8. The summed E-state index contributed by atoms with van der Waals surface area (Å²) in [6, 6.07) is 14.1. The van der Waals surface area contributed by atoms with E-state index in [2.05, 4.69) is 64.1 Å². The first-order chi connectivity index (χ1) is 18.0. The van der Waals surface area contributed by atoms with Gasteiger partial charge in [0, 0.05) is 48.9 Å². The number of fused-ring (bicyclic) bond motifs is 1. The molecule has 0 amide bonds. The van der Waals surface area contributed by atoms with Crippen LogP contribution in [0.15, 0.2) is 54.9 Å². The van der Waals surface area contributed by atoms with Crippen LogP contribution >= 0.6 is 12.4 Å². The van der Waals surface area contributed by atoms with Crippen LogP contribution in [-0.2, 0) is 6.54 Å². The van der Waals surface area contributed by atoms with Crippen molar-refractivity contribution in [3.63, 3.8) is 0 Å². The number of nitrogens with zero attached hydrogens (tertiary/aromatic N) is 4. The van der Waals surface area contributed by atoms with Gasteiger partial charge in [-0.2, -0.15) is 9.61 Å². The molecule has 1 aliphatic rings. The lowest BCUT2D eigenvalue weighted by Gasteiger charge is -2.28. The van der Waals surface area contributed by atoms with Gasteiger partial charge < -0.3 is 25.8 Å². The maximum absolute atomic E-state index is 10.3. The van der Waals surface area contributed by atoms with Crippen molar-refractivity contribution in [3.8, 4) is 17.0 Å². The number of anilines is 2. The highest BCUT2D eigenvalue weighted by molar-refractivity contribution is 5.85. The first kappa shape index (κ1) is 27.6. The molecule has 4 aromatic rings. The van der Waals surface area contributed by atoms with Crippen LogP contribution in [0, 0.1) is 5.92 Å². The van der Waals surface area contributed by atoms with Crippen LogP contribution < -0.4 is 20.7 Å². The summed E-state index contributed by atoms with van der Waals surface area (Å²) in [7, 11) is 1.66. The number of aromatic nitrogens is 4. The second-order valence-corrected chi connectivity index (χ2v) is 9.82. The van der Waals surface area contributed by atoms with Crippen molar-refractivity contribution in [2.24, 2.45) is 5.92 Å². The monoisotopic (exact) mass is 537 g/mol. The van der Waals surface area contributed by atoms with E-state index in [1.54, 1.807) is 13.3 Å². The SMILES string of the molecule is COc1cccnc1-c1ccc(CNc2cc(NC[C@H]3CCNC[C@@H]3O)nc3c(C(C)C)cnn23)cc1.Cl. The van der Waals surface area contributed by atoms with E-state index in [1.165, 1.54) is 0 Å². The third kappa shape index (κ3) is 6.01. The summed E-state index contributed by atoms with van der Waals surface area (Å²) < 4.78 is 7.33. The number of β-amino-alcohol motifs (C(OH)–C–C–N with tert-alkyl or cyclic N) is 1. The van der Waals surface area contributed by atoms with E-state index in [0.29, 0.717) is 25.6 Å². The van der Waals surface area contributed by atoms with Crippen molar-refractivity contribution < 1.29 is 9.84 Å². The Balaban J connectivity index is 0.00000336. The molecule has 0 saturated carbocycles. The number of ether oxygens (including phenoxy) is 1. The largest absolute Gasteiger partial charge is 0.494 e. The van der Waals surface area contributed by atoms with E-state index in [0.717, 1.165) is 58.4 Å². The van der Waals surface area contributed by atoms with Crippen molar-refractivity contribution >= 4 is 29.7 Å². The molecule has 1 fully saturated rings. The molecular weight excluding hydrogens is 502 g/mol. The van der Waals surface area contributed by atoms with Crippen molar-refractivity contribution in [2.45, 2.75) is 38.8 Å². The standard InChI is InChI=1S/C28H35N7O2.ClH/c1-18(2)22-16-33-35-26(13-25(34-28(22)35)31-15-21-10-12-29-17-23(21)36)32-14-19-6-8-20(9-7-19)27-24(37-3)5-4-11-30-27;/h4-9,11,13,16,18,21,23,29,32,36H,10,12,14-15,17H2,1-3H3,(H,31,34);1H/t21-,23+;/m1./s1. The number of piperidine rings is 1. The van der Waals surface area contributed by atoms with Crippen LogP contribution in [0.25, 0.3) is 16.9 Å². The summed E-state index contributed by atoms with van der Waals surface area (Å²) >= 11 is 0. The van der Waals surface area contributed by atoms with Crippen molar-refractivity contribution in [2.75, 3.05) is 37.4 Å². The second kappa shape index (κ2) is 12.4. The average Bonchev–Trinajstić information content (AvgIpc) is 3.36. The minimum Gasteiger partial charge on any atom is -0.494 e. The molecule has 5 rings (SSSR count). The van der Waals surface area contributed by atoms with Crippen LogP contribution in [-0.4, -0.2) is 57.5 Å². The Kier molecular flexibility index (Phi) is 9.04. The fourth-order valence-corrected chi connectivity index (χ4v) is 4.72. The third-order valence-corrected chi connectivity index (χ3v) is 6.95. The fraction of sp³-hybridized carbons (Fsp3) is 0.393. The molecule has 202 valence electrons. The lowest BCUT2D eigenvalue weighted by molar-refractivity contribution is 0.0883. The Hall–Kier alpha value is -3.40. The Bertz CT molecular complexity index is 1340. The van der Waals surface area contributed by atoms with Crippen LogP contribution in [0.2, 0.25) is 0 Å². The summed E-state index contributed by atoms with van der Waals surface area (Å²) in [5.74, 6) is 2.89. The van der Waals surface area contributed by atoms with Gasteiger partial charge in [-0.1, -0.05) is 38.1 Å². The van der Waals surface area contributed by atoms with Crippen LogP contribution in [0.4, 0.5) is 11.6 Å². The number of rotatable bonds is 9. The van der Waals surface area contributed by atoms with E-state index in [4.69, 9.17) is 9.72 Å². The number of halogens is 1. The minimum absolute atomic E-state index is 0. The molecule has 3 aromatic heterocycles. The Labute approximate surface area is 229 Å². The van der Waals surface area contributed by atoms with Crippen molar-refractivity contribution in [3.05, 3.63) is 66.0 Å². The van der Waals surface area contributed by atoms with Crippen LogP contribution in [0.3, 0.4) is 0 Å². The lowest BCUT2D eigenvalue weighted by Crippen LogP contribution is -2.43. The zero-order chi connectivity index (χ0) is 25.8.